The van der Waals surface area contributed by atoms with Gasteiger partial charge in [0.05, 0.1) is 12.4 Å². The molecule has 0 spiro atoms. The summed E-state index contributed by atoms with van der Waals surface area (Å²) in [4.78, 5) is 15.0. The first-order chi connectivity index (χ1) is 14.4. The van der Waals surface area contributed by atoms with Crippen LogP contribution in [0.1, 0.15) is 34.5 Å². The molecule has 0 fully saturated rings. The van der Waals surface area contributed by atoms with E-state index in [-0.39, 0.29) is 5.69 Å². The van der Waals surface area contributed by atoms with E-state index in [0.717, 1.165) is 38.7 Å². The normalized spacial score (nSPS) is 12.0. The number of hydrogen-bond donors (Lipinski definition) is 2. The Labute approximate surface area is 192 Å². The smallest absolute Gasteiger partial charge is 0.268 e. The highest BCUT2D eigenvalue weighted by molar-refractivity contribution is 9.11. The SMILES string of the molecule is NC(=O)c1cn(CC(O)CCCc2ccccc2OCc2cc(Br)cc(Br)c2)cn1. The summed E-state index contributed by atoms with van der Waals surface area (Å²) in [6.45, 7) is 0.844. The van der Waals surface area contributed by atoms with Gasteiger partial charge < -0.3 is 20.1 Å². The van der Waals surface area contributed by atoms with Crippen LogP contribution in [0.4, 0.5) is 0 Å². The number of imidazole rings is 1. The van der Waals surface area contributed by atoms with E-state index < -0.39 is 12.0 Å². The number of para-hydroxylation sites is 1. The predicted octanol–water partition coefficient (Wildman–Crippen LogP) is 4.47. The molecule has 1 aromatic heterocycles. The van der Waals surface area contributed by atoms with Gasteiger partial charge in [-0.2, -0.15) is 0 Å². The van der Waals surface area contributed by atoms with Crippen LogP contribution in [0.3, 0.4) is 0 Å². The van der Waals surface area contributed by atoms with Gasteiger partial charge in [0.15, 0.2) is 0 Å². The Morgan fingerprint density at radius 2 is 1.93 bits per heavy atom. The maximum absolute atomic E-state index is 11.1. The number of nitrogens with two attached hydrogens (primary N) is 1. The summed E-state index contributed by atoms with van der Waals surface area (Å²) >= 11 is 6.99. The summed E-state index contributed by atoms with van der Waals surface area (Å²) in [7, 11) is 0. The van der Waals surface area contributed by atoms with Crippen LogP contribution in [0.15, 0.2) is 63.9 Å². The summed E-state index contributed by atoms with van der Waals surface area (Å²) in [5, 5.41) is 10.3. The number of carbonyl (C=O) groups excluding carboxylic acids is 1. The molecule has 1 atom stereocenters. The molecule has 0 radical (unpaired) electrons. The number of halogens is 2. The number of amides is 1. The Hall–Kier alpha value is -2.16. The quantitative estimate of drug-likeness (QED) is 0.400. The van der Waals surface area contributed by atoms with Gasteiger partial charge in [-0.05, 0) is 54.7 Å². The zero-order chi connectivity index (χ0) is 21.5. The second-order valence-electron chi connectivity index (χ2n) is 7.04. The minimum Gasteiger partial charge on any atom is -0.489 e. The largest absolute Gasteiger partial charge is 0.489 e. The number of aromatic nitrogens is 2. The minimum absolute atomic E-state index is 0.200. The molecule has 0 aliphatic heterocycles. The van der Waals surface area contributed by atoms with Gasteiger partial charge in [0.2, 0.25) is 0 Å². The van der Waals surface area contributed by atoms with Crippen molar-refractivity contribution in [2.45, 2.75) is 38.5 Å². The zero-order valence-electron chi connectivity index (χ0n) is 16.3. The first-order valence-electron chi connectivity index (χ1n) is 9.56. The Kier molecular flexibility index (Phi) is 8.07. The average molecular weight is 537 g/mol. The summed E-state index contributed by atoms with van der Waals surface area (Å²) < 4.78 is 9.73. The number of nitrogens with zero attached hydrogens (tertiary/aromatic N) is 2. The third kappa shape index (κ3) is 6.68. The highest BCUT2D eigenvalue weighted by Gasteiger charge is 2.10. The predicted molar refractivity (Wildman–Crippen MR) is 122 cm³/mol. The molecule has 3 aromatic rings. The molecule has 1 amide bonds. The number of rotatable bonds is 10. The van der Waals surface area contributed by atoms with Gasteiger partial charge in [-0.3, -0.25) is 4.79 Å². The van der Waals surface area contributed by atoms with Gasteiger partial charge in [-0.1, -0.05) is 50.1 Å². The fourth-order valence-electron chi connectivity index (χ4n) is 3.16. The van der Waals surface area contributed by atoms with Crippen molar-refractivity contribution in [3.05, 3.63) is 80.8 Å². The molecule has 1 heterocycles. The van der Waals surface area contributed by atoms with Gasteiger partial charge in [-0.25, -0.2) is 4.98 Å². The van der Waals surface area contributed by atoms with Crippen molar-refractivity contribution in [1.82, 2.24) is 9.55 Å². The molecule has 0 saturated heterocycles. The van der Waals surface area contributed by atoms with Crippen molar-refractivity contribution in [2.24, 2.45) is 5.73 Å². The second kappa shape index (κ2) is 10.7. The zero-order valence-corrected chi connectivity index (χ0v) is 19.5. The van der Waals surface area contributed by atoms with Crippen molar-refractivity contribution >= 4 is 37.8 Å². The van der Waals surface area contributed by atoms with E-state index in [2.05, 4.69) is 36.8 Å². The van der Waals surface area contributed by atoms with Crippen LogP contribution < -0.4 is 10.5 Å². The first-order valence-corrected chi connectivity index (χ1v) is 11.1. The number of aliphatic hydroxyl groups is 1. The van der Waals surface area contributed by atoms with Crippen LogP contribution in [-0.2, 0) is 19.6 Å². The minimum atomic E-state index is -0.574. The summed E-state index contributed by atoms with van der Waals surface area (Å²) in [6.07, 6.45) is 4.75. The number of aryl methyl sites for hydroxylation is 1. The van der Waals surface area contributed by atoms with Crippen molar-refractivity contribution < 1.29 is 14.6 Å². The van der Waals surface area contributed by atoms with Gasteiger partial charge in [0.25, 0.3) is 5.91 Å². The van der Waals surface area contributed by atoms with E-state index in [0.29, 0.717) is 19.6 Å². The Morgan fingerprint density at radius 1 is 1.20 bits per heavy atom. The van der Waals surface area contributed by atoms with Gasteiger partial charge in [0, 0.05) is 21.7 Å². The third-order valence-electron chi connectivity index (χ3n) is 4.58. The monoisotopic (exact) mass is 535 g/mol. The van der Waals surface area contributed by atoms with Crippen LogP contribution in [-0.4, -0.2) is 26.7 Å². The molecule has 0 bridgehead atoms. The molecule has 2 aromatic carbocycles. The number of hydrogen-bond acceptors (Lipinski definition) is 4. The molecule has 158 valence electrons. The standard InChI is InChI=1S/C22H23Br2N3O3/c23-17-8-15(9-18(24)10-17)13-30-21-7-2-1-4-16(21)5-3-6-19(28)11-27-12-20(22(25)29)26-14-27/h1-2,4,7-10,12,14,19,28H,3,5-6,11,13H2,(H2,25,29). The van der Waals surface area contributed by atoms with Crippen LogP contribution in [0.5, 0.6) is 5.75 Å². The highest BCUT2D eigenvalue weighted by Crippen LogP contribution is 2.24. The van der Waals surface area contributed by atoms with Crippen LogP contribution in [0.25, 0.3) is 0 Å². The molecule has 3 rings (SSSR count). The van der Waals surface area contributed by atoms with Gasteiger partial charge in [-0.15, -0.1) is 0 Å². The molecule has 6 nitrogen and oxygen atoms in total. The molecule has 0 saturated carbocycles. The summed E-state index contributed by atoms with van der Waals surface area (Å²) in [6, 6.07) is 14.0. The maximum Gasteiger partial charge on any atom is 0.268 e. The molecule has 0 aliphatic rings. The third-order valence-corrected chi connectivity index (χ3v) is 5.50. The average Bonchev–Trinajstić information content (AvgIpc) is 3.15. The van der Waals surface area contributed by atoms with E-state index in [1.807, 2.05) is 42.5 Å². The maximum atomic E-state index is 11.1. The molecular formula is C22H23Br2N3O3. The fourth-order valence-corrected chi connectivity index (χ4v) is 4.55. The van der Waals surface area contributed by atoms with Gasteiger partial charge >= 0.3 is 0 Å². The number of carbonyl (C=O) groups is 1. The Morgan fingerprint density at radius 3 is 2.63 bits per heavy atom. The second-order valence-corrected chi connectivity index (χ2v) is 8.87. The van der Waals surface area contributed by atoms with Crippen LogP contribution in [0.2, 0.25) is 0 Å². The van der Waals surface area contributed by atoms with Crippen LogP contribution in [0, 0.1) is 0 Å². The van der Waals surface area contributed by atoms with E-state index in [1.54, 1.807) is 10.8 Å². The Bertz CT molecular complexity index is 987. The van der Waals surface area contributed by atoms with E-state index in [4.69, 9.17) is 10.5 Å². The molecule has 30 heavy (non-hydrogen) atoms. The molecule has 8 heteroatoms. The lowest BCUT2D eigenvalue weighted by Gasteiger charge is -2.14. The van der Waals surface area contributed by atoms with Gasteiger partial charge in [0.1, 0.15) is 18.1 Å². The lowest BCUT2D eigenvalue weighted by Crippen LogP contribution is -2.15. The van der Waals surface area contributed by atoms with Crippen LogP contribution >= 0.6 is 31.9 Å². The molecule has 1 unspecified atom stereocenters. The van der Waals surface area contributed by atoms with Crippen molar-refractivity contribution in [3.63, 3.8) is 0 Å². The summed E-state index contributed by atoms with van der Waals surface area (Å²) in [5.41, 5.74) is 7.57. The highest BCUT2D eigenvalue weighted by atomic mass is 79.9. The van der Waals surface area contributed by atoms with E-state index >= 15 is 0 Å². The summed E-state index contributed by atoms with van der Waals surface area (Å²) in [5.74, 6) is 0.277. The van der Waals surface area contributed by atoms with E-state index in [9.17, 15) is 9.90 Å². The molecule has 3 N–H and O–H groups in total. The first kappa shape index (κ1) is 22.5. The number of ether oxygens (including phenoxy) is 1. The van der Waals surface area contributed by atoms with E-state index in [1.165, 1.54) is 6.33 Å². The number of aliphatic hydroxyl groups excluding tert-OH is 1. The number of primary amides is 1. The number of benzene rings is 2. The lowest BCUT2D eigenvalue weighted by atomic mass is 10.0. The fraction of sp³-hybridized carbons (Fsp3) is 0.273. The molecule has 0 aliphatic carbocycles. The van der Waals surface area contributed by atoms with Crippen molar-refractivity contribution in [1.29, 1.82) is 0 Å². The lowest BCUT2D eigenvalue weighted by molar-refractivity contribution is 0.0995. The topological polar surface area (TPSA) is 90.4 Å². The Balaban J connectivity index is 1.51. The van der Waals surface area contributed by atoms with Crippen molar-refractivity contribution in [2.75, 3.05) is 0 Å². The molecular weight excluding hydrogens is 514 g/mol. The van der Waals surface area contributed by atoms with Crippen molar-refractivity contribution in [3.8, 4) is 5.75 Å².